The van der Waals surface area contributed by atoms with Crippen molar-refractivity contribution in [3.05, 3.63) is 23.4 Å². The zero-order chi connectivity index (χ0) is 13.7. The van der Waals surface area contributed by atoms with Crippen LogP contribution in [0, 0.1) is 6.92 Å². The summed E-state index contributed by atoms with van der Waals surface area (Å²) in [6.45, 7) is 5.58. The van der Waals surface area contributed by atoms with E-state index in [9.17, 15) is 4.79 Å². The van der Waals surface area contributed by atoms with Crippen LogP contribution in [0.15, 0.2) is 12.3 Å². The molecule has 0 radical (unpaired) electrons. The molecule has 0 saturated heterocycles. The van der Waals surface area contributed by atoms with Gasteiger partial charge in [0.15, 0.2) is 0 Å². The van der Waals surface area contributed by atoms with Crippen molar-refractivity contribution in [1.82, 2.24) is 9.88 Å². The lowest BCUT2D eigenvalue weighted by Crippen LogP contribution is -2.37. The normalized spacial score (nSPS) is 10.3. The van der Waals surface area contributed by atoms with Crippen molar-refractivity contribution >= 4 is 11.7 Å². The first-order valence-corrected chi connectivity index (χ1v) is 6.10. The minimum atomic E-state index is 0.0703. The number of carbonyl (C=O) groups is 1. The second kappa shape index (κ2) is 6.35. The quantitative estimate of drug-likeness (QED) is 0.838. The van der Waals surface area contributed by atoms with E-state index in [1.165, 1.54) is 0 Å². The van der Waals surface area contributed by atoms with Crippen molar-refractivity contribution in [3.8, 4) is 0 Å². The van der Waals surface area contributed by atoms with E-state index >= 15 is 0 Å². The van der Waals surface area contributed by atoms with Crippen molar-refractivity contribution in [1.29, 1.82) is 0 Å². The largest absolute Gasteiger partial charge is 0.347 e. The summed E-state index contributed by atoms with van der Waals surface area (Å²) >= 11 is 0. The zero-order valence-electron chi connectivity index (χ0n) is 11.6. The van der Waals surface area contributed by atoms with Gasteiger partial charge >= 0.3 is 0 Å². The van der Waals surface area contributed by atoms with E-state index in [0.717, 1.165) is 23.5 Å². The Labute approximate surface area is 109 Å². The zero-order valence-corrected chi connectivity index (χ0v) is 11.6. The molecule has 0 spiro atoms. The Balaban J connectivity index is 2.91. The first-order valence-electron chi connectivity index (χ1n) is 6.10. The van der Waals surface area contributed by atoms with E-state index in [1.807, 2.05) is 24.8 Å². The van der Waals surface area contributed by atoms with Crippen LogP contribution in [0.25, 0.3) is 0 Å². The first kappa shape index (κ1) is 14.4. The van der Waals surface area contributed by atoms with Crippen LogP contribution in [0.3, 0.4) is 0 Å². The van der Waals surface area contributed by atoms with Crippen LogP contribution in [-0.2, 0) is 11.3 Å². The Hall–Kier alpha value is -1.62. The van der Waals surface area contributed by atoms with Gasteiger partial charge in [0, 0.05) is 33.4 Å². The highest BCUT2D eigenvalue weighted by Crippen LogP contribution is 2.17. The average molecular weight is 250 g/mol. The molecule has 18 heavy (non-hydrogen) atoms. The molecule has 0 aromatic carbocycles. The molecule has 0 atom stereocenters. The van der Waals surface area contributed by atoms with Crippen molar-refractivity contribution in [2.45, 2.75) is 20.4 Å². The Morgan fingerprint density at radius 2 is 2.11 bits per heavy atom. The molecule has 1 rings (SSSR count). The number of nitrogens with zero attached hydrogens (tertiary/aromatic N) is 3. The lowest BCUT2D eigenvalue weighted by atomic mass is 10.2. The Morgan fingerprint density at radius 3 is 2.56 bits per heavy atom. The van der Waals surface area contributed by atoms with Gasteiger partial charge in [0.2, 0.25) is 5.91 Å². The molecule has 0 aliphatic rings. The van der Waals surface area contributed by atoms with Crippen LogP contribution < -0.4 is 10.6 Å². The number of carbonyl (C=O) groups excluding carboxylic acids is 1. The van der Waals surface area contributed by atoms with Crippen molar-refractivity contribution in [2.75, 3.05) is 32.1 Å². The molecule has 0 fully saturated rings. The molecule has 1 amide bonds. The summed E-state index contributed by atoms with van der Waals surface area (Å²) in [7, 11) is 3.52. The SMILES string of the molecule is CCN(CC(=O)N(C)C)c1ncc(CN)cc1C. The van der Waals surface area contributed by atoms with Crippen LogP contribution in [-0.4, -0.2) is 43.0 Å². The summed E-state index contributed by atoms with van der Waals surface area (Å²) in [6.07, 6.45) is 1.77. The molecule has 1 heterocycles. The molecule has 5 heteroatoms. The fraction of sp³-hybridized carbons (Fsp3) is 0.538. The maximum Gasteiger partial charge on any atom is 0.241 e. The van der Waals surface area contributed by atoms with Crippen molar-refractivity contribution < 1.29 is 4.79 Å². The standard InChI is InChI=1S/C13H22N4O/c1-5-17(9-12(18)16(3)4)13-10(2)6-11(7-14)8-15-13/h6,8H,5,7,9,14H2,1-4H3. The maximum atomic E-state index is 11.8. The number of aryl methyl sites for hydroxylation is 1. The number of anilines is 1. The Bertz CT molecular complexity index is 417. The third-order valence-electron chi connectivity index (χ3n) is 2.85. The minimum Gasteiger partial charge on any atom is -0.347 e. The van der Waals surface area contributed by atoms with Crippen LogP contribution in [0.5, 0.6) is 0 Å². The summed E-state index contributed by atoms with van der Waals surface area (Å²) in [5.41, 5.74) is 7.64. The summed E-state index contributed by atoms with van der Waals surface area (Å²) < 4.78 is 0. The highest BCUT2D eigenvalue weighted by Gasteiger charge is 2.14. The Morgan fingerprint density at radius 1 is 1.44 bits per heavy atom. The van der Waals surface area contributed by atoms with E-state index in [-0.39, 0.29) is 5.91 Å². The molecule has 5 nitrogen and oxygen atoms in total. The van der Waals surface area contributed by atoms with Gasteiger partial charge < -0.3 is 15.5 Å². The minimum absolute atomic E-state index is 0.0703. The number of pyridine rings is 1. The van der Waals surface area contributed by atoms with E-state index < -0.39 is 0 Å². The number of likely N-dealkylation sites (N-methyl/N-ethyl adjacent to an activating group) is 2. The highest BCUT2D eigenvalue weighted by molar-refractivity contribution is 5.80. The van der Waals surface area contributed by atoms with Crippen molar-refractivity contribution in [2.24, 2.45) is 5.73 Å². The number of hydrogen-bond donors (Lipinski definition) is 1. The predicted molar refractivity (Wildman–Crippen MR) is 73.4 cm³/mol. The third kappa shape index (κ3) is 3.43. The van der Waals surface area contributed by atoms with Crippen LogP contribution in [0.4, 0.5) is 5.82 Å². The monoisotopic (exact) mass is 250 g/mol. The van der Waals surface area contributed by atoms with Gasteiger partial charge in [-0.25, -0.2) is 4.98 Å². The highest BCUT2D eigenvalue weighted by atomic mass is 16.2. The van der Waals surface area contributed by atoms with Gasteiger partial charge in [0.1, 0.15) is 5.82 Å². The molecule has 0 saturated carbocycles. The molecular formula is C13H22N4O. The summed E-state index contributed by atoms with van der Waals surface area (Å²) in [5, 5.41) is 0. The third-order valence-corrected chi connectivity index (χ3v) is 2.85. The molecule has 0 unspecified atom stereocenters. The molecular weight excluding hydrogens is 228 g/mol. The lowest BCUT2D eigenvalue weighted by molar-refractivity contribution is -0.127. The molecule has 0 bridgehead atoms. The fourth-order valence-electron chi connectivity index (χ4n) is 1.71. The molecule has 2 N–H and O–H groups in total. The maximum absolute atomic E-state index is 11.8. The molecule has 100 valence electrons. The average Bonchev–Trinajstić information content (AvgIpc) is 2.35. The summed E-state index contributed by atoms with van der Waals surface area (Å²) in [5.74, 6) is 0.922. The smallest absolute Gasteiger partial charge is 0.241 e. The van der Waals surface area contributed by atoms with E-state index in [0.29, 0.717) is 13.1 Å². The predicted octanol–water partition coefficient (Wildman–Crippen LogP) is 0.763. The van der Waals surface area contributed by atoms with Crippen molar-refractivity contribution in [3.63, 3.8) is 0 Å². The van der Waals surface area contributed by atoms with Gasteiger partial charge in [-0.3, -0.25) is 4.79 Å². The van der Waals surface area contributed by atoms with E-state index in [4.69, 9.17) is 5.73 Å². The molecule has 0 aliphatic carbocycles. The van der Waals surface area contributed by atoms with Gasteiger partial charge in [-0.2, -0.15) is 0 Å². The van der Waals surface area contributed by atoms with Gasteiger partial charge in [-0.05, 0) is 31.0 Å². The van der Waals surface area contributed by atoms with Gasteiger partial charge in [0.05, 0.1) is 6.54 Å². The fourth-order valence-corrected chi connectivity index (χ4v) is 1.71. The number of aromatic nitrogens is 1. The summed E-state index contributed by atoms with van der Waals surface area (Å²) in [4.78, 5) is 19.7. The number of amides is 1. The number of nitrogens with two attached hydrogens (primary N) is 1. The van der Waals surface area contributed by atoms with E-state index in [2.05, 4.69) is 4.98 Å². The first-order chi connectivity index (χ1) is 8.49. The molecule has 1 aromatic heterocycles. The molecule has 1 aromatic rings. The van der Waals surface area contributed by atoms with Gasteiger partial charge in [0.25, 0.3) is 0 Å². The number of hydrogen-bond acceptors (Lipinski definition) is 4. The lowest BCUT2D eigenvalue weighted by Gasteiger charge is -2.24. The second-order valence-electron chi connectivity index (χ2n) is 4.49. The topological polar surface area (TPSA) is 62.5 Å². The van der Waals surface area contributed by atoms with Crippen LogP contribution >= 0.6 is 0 Å². The number of rotatable bonds is 5. The van der Waals surface area contributed by atoms with Gasteiger partial charge in [-0.15, -0.1) is 0 Å². The second-order valence-corrected chi connectivity index (χ2v) is 4.49. The van der Waals surface area contributed by atoms with Gasteiger partial charge in [-0.1, -0.05) is 0 Å². The molecule has 0 aliphatic heterocycles. The Kier molecular flexibility index (Phi) is 5.09. The van der Waals surface area contributed by atoms with E-state index in [1.54, 1.807) is 25.2 Å². The van der Waals surface area contributed by atoms with Crippen LogP contribution in [0.2, 0.25) is 0 Å². The van der Waals surface area contributed by atoms with Crippen LogP contribution in [0.1, 0.15) is 18.1 Å². The summed E-state index contributed by atoms with van der Waals surface area (Å²) in [6, 6.07) is 2.02.